The highest BCUT2D eigenvalue weighted by atomic mass is 32.2. The lowest BCUT2D eigenvalue weighted by Gasteiger charge is -2.46. The van der Waals surface area contributed by atoms with Gasteiger partial charge in [0.1, 0.15) is 0 Å². The van der Waals surface area contributed by atoms with Crippen molar-refractivity contribution >= 4 is 9.84 Å². The van der Waals surface area contributed by atoms with Gasteiger partial charge in [-0.2, -0.15) is 13.2 Å². The van der Waals surface area contributed by atoms with Gasteiger partial charge in [0.2, 0.25) is 0 Å². The van der Waals surface area contributed by atoms with Crippen LogP contribution in [0.5, 0.6) is 0 Å². The van der Waals surface area contributed by atoms with Gasteiger partial charge in [-0.3, -0.25) is 4.90 Å². The zero-order chi connectivity index (χ0) is 18.2. The molecule has 2 aliphatic rings. The molecule has 2 rings (SSSR count). The zero-order valence-electron chi connectivity index (χ0n) is 13.9. The topological polar surface area (TPSA) is 40.6 Å². The molecule has 0 saturated carbocycles. The van der Waals surface area contributed by atoms with Gasteiger partial charge in [0.05, 0.1) is 4.91 Å². The molecule has 0 amide bonds. The van der Waals surface area contributed by atoms with Gasteiger partial charge in [-0.05, 0) is 38.6 Å². The van der Waals surface area contributed by atoms with Gasteiger partial charge in [-0.15, -0.1) is 0 Å². The molecule has 2 heterocycles. The monoisotopic (exact) mass is 364 g/mol. The van der Waals surface area contributed by atoms with Crippen molar-refractivity contribution in [1.82, 2.24) is 9.80 Å². The van der Waals surface area contributed by atoms with E-state index in [0.29, 0.717) is 17.5 Å². The molecule has 2 fully saturated rings. The lowest BCUT2D eigenvalue weighted by Crippen LogP contribution is -2.55. The average Bonchev–Trinajstić information content (AvgIpc) is 2.81. The van der Waals surface area contributed by atoms with Gasteiger partial charge >= 0.3 is 5.51 Å². The molecule has 0 atom stereocenters. The minimum absolute atomic E-state index is 0.340. The fourth-order valence-electron chi connectivity index (χ4n) is 3.53. The Morgan fingerprint density at radius 3 is 2.38 bits per heavy atom. The van der Waals surface area contributed by atoms with Crippen LogP contribution in [-0.4, -0.2) is 63.5 Å². The first-order chi connectivity index (χ1) is 11.0. The lowest BCUT2D eigenvalue weighted by molar-refractivity contribution is -0.0425. The molecule has 4 nitrogen and oxygen atoms in total. The largest absolute Gasteiger partial charge is 0.501 e. The molecule has 8 heteroatoms. The fourth-order valence-corrected chi connectivity index (χ4v) is 4.36. The SMILES string of the molecule is C=C(/C=C\C(=C/C)S(=O)(=O)C(F)(F)F)CN1CCC2(CN(C)C2)C1. The van der Waals surface area contributed by atoms with Crippen LogP contribution in [0.25, 0.3) is 0 Å². The van der Waals surface area contributed by atoms with E-state index in [2.05, 4.69) is 23.4 Å². The number of hydrogen-bond acceptors (Lipinski definition) is 4. The summed E-state index contributed by atoms with van der Waals surface area (Å²) < 4.78 is 60.6. The predicted octanol–water partition coefficient (Wildman–Crippen LogP) is 2.57. The number of sulfone groups is 1. The molecule has 0 aromatic heterocycles. The van der Waals surface area contributed by atoms with Crippen LogP contribution >= 0.6 is 0 Å². The number of alkyl halides is 3. The summed E-state index contributed by atoms with van der Waals surface area (Å²) in [5, 5.41) is 0. The van der Waals surface area contributed by atoms with E-state index in [9.17, 15) is 21.6 Å². The first kappa shape index (κ1) is 19.2. The maximum absolute atomic E-state index is 12.6. The molecule has 0 bridgehead atoms. The van der Waals surface area contributed by atoms with E-state index in [4.69, 9.17) is 0 Å². The van der Waals surface area contributed by atoms with Crippen LogP contribution in [0.1, 0.15) is 13.3 Å². The molecule has 136 valence electrons. The summed E-state index contributed by atoms with van der Waals surface area (Å²) in [7, 11) is -3.24. The van der Waals surface area contributed by atoms with E-state index in [1.807, 2.05) is 0 Å². The molecule has 2 saturated heterocycles. The number of nitrogens with zero attached hydrogens (tertiary/aromatic N) is 2. The van der Waals surface area contributed by atoms with E-state index in [0.717, 1.165) is 44.8 Å². The van der Waals surface area contributed by atoms with E-state index in [1.165, 1.54) is 13.0 Å². The highest BCUT2D eigenvalue weighted by Crippen LogP contribution is 2.38. The molecule has 0 N–H and O–H groups in total. The Kier molecular flexibility index (Phi) is 5.32. The molecule has 0 aromatic rings. The van der Waals surface area contributed by atoms with Crippen molar-refractivity contribution in [2.75, 3.05) is 39.8 Å². The Balaban J connectivity index is 1.93. The van der Waals surface area contributed by atoms with Crippen LogP contribution in [0.2, 0.25) is 0 Å². The highest BCUT2D eigenvalue weighted by molar-refractivity contribution is 7.96. The van der Waals surface area contributed by atoms with Crippen LogP contribution in [0.3, 0.4) is 0 Å². The summed E-state index contributed by atoms with van der Waals surface area (Å²) in [4.78, 5) is 3.72. The Hall–Kier alpha value is -1.12. The summed E-state index contributed by atoms with van der Waals surface area (Å²) in [6, 6.07) is 0. The second-order valence-corrected chi connectivity index (χ2v) is 8.71. The molecule has 0 unspecified atom stereocenters. The quantitative estimate of drug-likeness (QED) is 0.703. The minimum atomic E-state index is -5.32. The van der Waals surface area contributed by atoms with Crippen LogP contribution < -0.4 is 0 Å². The Morgan fingerprint density at radius 1 is 1.25 bits per heavy atom. The van der Waals surface area contributed by atoms with Gasteiger partial charge in [0.25, 0.3) is 9.84 Å². The van der Waals surface area contributed by atoms with Gasteiger partial charge < -0.3 is 4.90 Å². The standard InChI is InChI=1S/C16H23F3N2O2S/c1-4-14(24(22,23)16(17,18)19)6-5-13(2)9-21-8-7-15(12-21)10-20(3)11-15/h4-6H,2,7-12H2,1,3H3/b6-5-,14-4+. The van der Waals surface area contributed by atoms with Gasteiger partial charge in [0.15, 0.2) is 0 Å². The van der Waals surface area contributed by atoms with Crippen molar-refractivity contribution in [3.05, 3.63) is 35.3 Å². The van der Waals surface area contributed by atoms with E-state index in [1.54, 1.807) is 0 Å². The minimum Gasteiger partial charge on any atom is -0.305 e. The number of hydrogen-bond donors (Lipinski definition) is 0. The summed E-state index contributed by atoms with van der Waals surface area (Å²) in [6.45, 7) is 9.64. The maximum Gasteiger partial charge on any atom is 0.501 e. The maximum atomic E-state index is 12.6. The Morgan fingerprint density at radius 2 is 1.88 bits per heavy atom. The fraction of sp³-hybridized carbons (Fsp3) is 0.625. The second-order valence-electron chi connectivity index (χ2n) is 6.76. The van der Waals surface area contributed by atoms with Crippen molar-refractivity contribution in [1.29, 1.82) is 0 Å². The van der Waals surface area contributed by atoms with Crippen molar-refractivity contribution < 1.29 is 21.6 Å². The summed E-state index contributed by atoms with van der Waals surface area (Å²) in [6.07, 6.45) is 4.39. The van der Waals surface area contributed by atoms with Gasteiger partial charge in [0, 0.05) is 31.6 Å². The van der Waals surface area contributed by atoms with E-state index in [-0.39, 0.29) is 0 Å². The molecule has 1 spiro atoms. The lowest BCUT2D eigenvalue weighted by atomic mass is 9.79. The van der Waals surface area contributed by atoms with Gasteiger partial charge in [-0.25, -0.2) is 8.42 Å². The van der Waals surface area contributed by atoms with Crippen molar-refractivity contribution in [3.8, 4) is 0 Å². The molecular formula is C16H23F3N2O2S. The number of allylic oxidation sites excluding steroid dienone is 2. The van der Waals surface area contributed by atoms with Crippen LogP contribution in [0, 0.1) is 5.41 Å². The van der Waals surface area contributed by atoms with Crippen molar-refractivity contribution in [3.63, 3.8) is 0 Å². The second kappa shape index (κ2) is 6.65. The Labute approximate surface area is 141 Å². The van der Waals surface area contributed by atoms with Gasteiger partial charge in [-0.1, -0.05) is 18.7 Å². The van der Waals surface area contributed by atoms with E-state index >= 15 is 0 Å². The first-order valence-electron chi connectivity index (χ1n) is 7.73. The smallest absolute Gasteiger partial charge is 0.305 e. The number of rotatable bonds is 5. The summed E-state index contributed by atoms with van der Waals surface area (Å²) in [5.41, 5.74) is -4.36. The Bertz CT molecular complexity index is 659. The number of halogens is 3. The number of likely N-dealkylation sites (tertiary alicyclic amines) is 2. The third-order valence-corrected chi connectivity index (χ3v) is 6.14. The summed E-state index contributed by atoms with van der Waals surface area (Å²) >= 11 is 0. The average molecular weight is 364 g/mol. The van der Waals surface area contributed by atoms with Crippen LogP contribution in [0.4, 0.5) is 13.2 Å². The normalized spacial score (nSPS) is 23.1. The van der Waals surface area contributed by atoms with E-state index < -0.39 is 20.3 Å². The predicted molar refractivity (Wildman–Crippen MR) is 88.0 cm³/mol. The van der Waals surface area contributed by atoms with Crippen molar-refractivity contribution in [2.45, 2.75) is 18.9 Å². The molecule has 0 aliphatic carbocycles. The molecule has 0 radical (unpaired) electrons. The zero-order valence-corrected chi connectivity index (χ0v) is 14.8. The molecule has 0 aromatic carbocycles. The van der Waals surface area contributed by atoms with Crippen LogP contribution in [-0.2, 0) is 9.84 Å². The third kappa shape index (κ3) is 3.92. The highest BCUT2D eigenvalue weighted by Gasteiger charge is 2.47. The molecule has 24 heavy (non-hydrogen) atoms. The van der Waals surface area contributed by atoms with Crippen molar-refractivity contribution in [2.24, 2.45) is 5.41 Å². The third-order valence-electron chi connectivity index (χ3n) is 4.54. The first-order valence-corrected chi connectivity index (χ1v) is 9.22. The molecule has 2 aliphatic heterocycles. The summed E-state index contributed by atoms with van der Waals surface area (Å²) in [5.74, 6) is 0. The van der Waals surface area contributed by atoms with Crippen LogP contribution in [0.15, 0.2) is 35.3 Å². The molecular weight excluding hydrogens is 341 g/mol.